The topological polar surface area (TPSA) is 62.2 Å². The zero-order valence-electron chi connectivity index (χ0n) is 7.91. The van der Waals surface area contributed by atoms with Crippen LogP contribution >= 0.6 is 15.9 Å². The molecule has 0 fully saturated rings. The SMILES string of the molecule is CC(C)(NC(=O)O)c1ccc(Br)cn1. The van der Waals surface area contributed by atoms with E-state index in [0.29, 0.717) is 5.69 Å². The minimum absolute atomic E-state index is 0.674. The first-order chi connectivity index (χ1) is 6.42. The molecular formula is C9H11BrN2O2. The molecule has 0 spiro atoms. The third kappa shape index (κ3) is 2.70. The number of aromatic nitrogens is 1. The molecule has 14 heavy (non-hydrogen) atoms. The van der Waals surface area contributed by atoms with E-state index in [2.05, 4.69) is 26.2 Å². The third-order valence-corrected chi connectivity index (χ3v) is 2.26. The number of nitrogens with zero attached hydrogens (tertiary/aromatic N) is 1. The second-order valence-corrected chi connectivity index (χ2v) is 4.33. The van der Waals surface area contributed by atoms with Crippen molar-refractivity contribution in [3.8, 4) is 0 Å². The molecule has 0 aliphatic rings. The van der Waals surface area contributed by atoms with Gasteiger partial charge < -0.3 is 10.4 Å². The van der Waals surface area contributed by atoms with Crippen LogP contribution in [0.1, 0.15) is 19.5 Å². The van der Waals surface area contributed by atoms with Crippen molar-refractivity contribution < 1.29 is 9.90 Å². The summed E-state index contributed by atoms with van der Waals surface area (Å²) in [6, 6.07) is 3.60. The molecule has 76 valence electrons. The number of nitrogens with one attached hydrogen (secondary N) is 1. The van der Waals surface area contributed by atoms with E-state index in [0.717, 1.165) is 4.47 Å². The molecule has 1 heterocycles. The largest absolute Gasteiger partial charge is 0.465 e. The molecule has 0 atom stereocenters. The molecule has 1 rings (SSSR count). The Bertz CT molecular complexity index is 335. The summed E-state index contributed by atoms with van der Waals surface area (Å²) in [5.41, 5.74) is 0.00935. The molecule has 0 aliphatic heterocycles. The molecule has 0 aromatic carbocycles. The molecule has 0 aliphatic carbocycles. The Labute approximate surface area is 90.5 Å². The minimum atomic E-state index is -1.06. The average Bonchev–Trinajstić information content (AvgIpc) is 2.02. The van der Waals surface area contributed by atoms with Gasteiger partial charge in [0.25, 0.3) is 0 Å². The average molecular weight is 259 g/mol. The minimum Gasteiger partial charge on any atom is -0.465 e. The van der Waals surface area contributed by atoms with Crippen LogP contribution < -0.4 is 5.32 Å². The van der Waals surface area contributed by atoms with E-state index < -0.39 is 11.6 Å². The van der Waals surface area contributed by atoms with Crippen LogP contribution in [0.5, 0.6) is 0 Å². The van der Waals surface area contributed by atoms with E-state index in [-0.39, 0.29) is 0 Å². The highest BCUT2D eigenvalue weighted by molar-refractivity contribution is 9.10. The lowest BCUT2D eigenvalue weighted by molar-refractivity contribution is 0.181. The van der Waals surface area contributed by atoms with Gasteiger partial charge in [0.15, 0.2) is 0 Å². The summed E-state index contributed by atoms with van der Waals surface area (Å²) in [5, 5.41) is 11.0. The second-order valence-electron chi connectivity index (χ2n) is 3.42. The zero-order valence-corrected chi connectivity index (χ0v) is 9.50. The van der Waals surface area contributed by atoms with Gasteiger partial charge in [-0.1, -0.05) is 0 Å². The lowest BCUT2D eigenvalue weighted by atomic mass is 10.0. The molecule has 1 aromatic heterocycles. The van der Waals surface area contributed by atoms with Crippen molar-refractivity contribution in [1.29, 1.82) is 0 Å². The van der Waals surface area contributed by atoms with E-state index in [1.165, 1.54) is 0 Å². The molecule has 4 nitrogen and oxygen atoms in total. The van der Waals surface area contributed by atoms with Gasteiger partial charge in [-0.25, -0.2) is 4.79 Å². The molecule has 0 bridgehead atoms. The van der Waals surface area contributed by atoms with Gasteiger partial charge in [0.05, 0.1) is 11.2 Å². The Balaban J connectivity index is 2.91. The quantitative estimate of drug-likeness (QED) is 0.856. The van der Waals surface area contributed by atoms with E-state index >= 15 is 0 Å². The summed E-state index contributed by atoms with van der Waals surface area (Å²) in [4.78, 5) is 14.6. The maximum atomic E-state index is 10.5. The van der Waals surface area contributed by atoms with E-state index in [1.54, 1.807) is 26.1 Å². The predicted molar refractivity (Wildman–Crippen MR) is 56.1 cm³/mol. The molecule has 0 unspecified atom stereocenters. The predicted octanol–water partition coefficient (Wildman–Crippen LogP) is 2.35. The fraction of sp³-hybridized carbons (Fsp3) is 0.333. The fourth-order valence-corrected chi connectivity index (χ4v) is 1.31. The Morgan fingerprint density at radius 3 is 2.64 bits per heavy atom. The summed E-state index contributed by atoms with van der Waals surface area (Å²) in [6.07, 6.45) is 0.584. The number of halogens is 1. The number of amides is 1. The van der Waals surface area contributed by atoms with Crippen molar-refractivity contribution in [2.75, 3.05) is 0 Å². The van der Waals surface area contributed by atoms with Gasteiger partial charge in [-0.15, -0.1) is 0 Å². The van der Waals surface area contributed by atoms with Crippen molar-refractivity contribution in [3.05, 3.63) is 28.5 Å². The Hall–Kier alpha value is -1.10. The number of pyridine rings is 1. The summed E-state index contributed by atoms with van der Waals surface area (Å²) in [6.45, 7) is 3.52. The first kappa shape index (κ1) is 11.0. The molecule has 0 saturated carbocycles. The van der Waals surface area contributed by atoms with Crippen molar-refractivity contribution >= 4 is 22.0 Å². The normalized spacial score (nSPS) is 11.1. The molecule has 0 radical (unpaired) electrons. The Morgan fingerprint density at radius 1 is 1.57 bits per heavy atom. The van der Waals surface area contributed by atoms with Gasteiger partial charge in [0.2, 0.25) is 0 Å². The van der Waals surface area contributed by atoms with Crippen LogP contribution in [0, 0.1) is 0 Å². The number of hydrogen-bond acceptors (Lipinski definition) is 2. The lowest BCUT2D eigenvalue weighted by Gasteiger charge is -2.23. The first-order valence-electron chi connectivity index (χ1n) is 4.05. The van der Waals surface area contributed by atoms with Crippen LogP contribution in [-0.4, -0.2) is 16.2 Å². The molecule has 2 N–H and O–H groups in total. The van der Waals surface area contributed by atoms with Gasteiger partial charge in [0.1, 0.15) is 0 Å². The summed E-state index contributed by atoms with van der Waals surface area (Å²) >= 11 is 3.26. The highest BCUT2D eigenvalue weighted by Gasteiger charge is 2.23. The van der Waals surface area contributed by atoms with E-state index in [4.69, 9.17) is 5.11 Å². The van der Waals surface area contributed by atoms with Gasteiger partial charge in [-0.2, -0.15) is 0 Å². The highest BCUT2D eigenvalue weighted by Crippen LogP contribution is 2.19. The van der Waals surface area contributed by atoms with E-state index in [9.17, 15) is 4.79 Å². The van der Waals surface area contributed by atoms with Crippen LogP contribution in [0.25, 0.3) is 0 Å². The number of carbonyl (C=O) groups is 1. The van der Waals surface area contributed by atoms with Crippen LogP contribution in [0.3, 0.4) is 0 Å². The van der Waals surface area contributed by atoms with Gasteiger partial charge >= 0.3 is 6.09 Å². The standard InChI is InChI=1S/C9H11BrN2O2/c1-9(2,12-8(13)14)7-4-3-6(10)5-11-7/h3-5,12H,1-2H3,(H,13,14). The van der Waals surface area contributed by atoms with Crippen molar-refractivity contribution in [2.24, 2.45) is 0 Å². The van der Waals surface area contributed by atoms with Crippen LogP contribution in [0.15, 0.2) is 22.8 Å². The van der Waals surface area contributed by atoms with Crippen LogP contribution in [-0.2, 0) is 5.54 Å². The van der Waals surface area contributed by atoms with E-state index in [1.807, 2.05) is 6.07 Å². The van der Waals surface area contributed by atoms with Crippen LogP contribution in [0.2, 0.25) is 0 Å². The van der Waals surface area contributed by atoms with Crippen molar-refractivity contribution in [3.63, 3.8) is 0 Å². The number of hydrogen-bond donors (Lipinski definition) is 2. The summed E-state index contributed by atoms with van der Waals surface area (Å²) < 4.78 is 0.868. The van der Waals surface area contributed by atoms with Gasteiger partial charge in [-0.3, -0.25) is 4.98 Å². The fourth-order valence-electron chi connectivity index (χ4n) is 1.08. The van der Waals surface area contributed by atoms with Crippen LogP contribution in [0.4, 0.5) is 4.79 Å². The molecule has 5 heteroatoms. The van der Waals surface area contributed by atoms with Crippen molar-refractivity contribution in [1.82, 2.24) is 10.3 Å². The molecule has 1 aromatic rings. The van der Waals surface area contributed by atoms with Gasteiger partial charge in [-0.05, 0) is 41.9 Å². The first-order valence-corrected chi connectivity index (χ1v) is 4.84. The monoisotopic (exact) mass is 258 g/mol. The third-order valence-electron chi connectivity index (χ3n) is 1.79. The Kier molecular flexibility index (Phi) is 3.10. The summed E-state index contributed by atoms with van der Waals surface area (Å²) in [5.74, 6) is 0. The second kappa shape index (κ2) is 3.96. The smallest absolute Gasteiger partial charge is 0.405 e. The number of carboxylic acid groups (broad SMARTS) is 1. The van der Waals surface area contributed by atoms with Crippen molar-refractivity contribution in [2.45, 2.75) is 19.4 Å². The molecular weight excluding hydrogens is 248 g/mol. The lowest BCUT2D eigenvalue weighted by Crippen LogP contribution is -2.40. The zero-order chi connectivity index (χ0) is 10.8. The maximum absolute atomic E-state index is 10.5. The maximum Gasteiger partial charge on any atom is 0.405 e. The molecule has 0 saturated heterocycles. The highest BCUT2D eigenvalue weighted by atomic mass is 79.9. The molecule has 1 amide bonds. The number of rotatable bonds is 2. The summed E-state index contributed by atoms with van der Waals surface area (Å²) in [7, 11) is 0. The Morgan fingerprint density at radius 2 is 2.21 bits per heavy atom. The van der Waals surface area contributed by atoms with Gasteiger partial charge in [0, 0.05) is 10.7 Å².